The Morgan fingerprint density at radius 2 is 1.94 bits per heavy atom. The van der Waals surface area contributed by atoms with Crippen LogP contribution in [0, 0.1) is 24.2 Å². The number of aromatic nitrogens is 5. The molecule has 168 valence electrons. The summed E-state index contributed by atoms with van der Waals surface area (Å²) < 4.78 is 3.09. The fourth-order valence-electron chi connectivity index (χ4n) is 4.29. The Hall–Kier alpha value is -3.55. The molecule has 4 heterocycles. The molecule has 0 radical (unpaired) electrons. The zero-order valence-electron chi connectivity index (χ0n) is 17.9. The van der Waals surface area contributed by atoms with Gasteiger partial charge in [-0.05, 0) is 25.1 Å². The number of nitrogens with two attached hydrogens (primary N) is 1. The first kappa shape index (κ1) is 22.6. The van der Waals surface area contributed by atoms with Crippen molar-refractivity contribution in [1.82, 2.24) is 24.1 Å². The number of halogens is 1. The Morgan fingerprint density at radius 3 is 2.61 bits per heavy atom. The van der Waals surface area contributed by atoms with Crippen LogP contribution in [-0.2, 0) is 0 Å². The second kappa shape index (κ2) is 8.42. The molecule has 2 atom stereocenters. The molecule has 2 unspecified atom stereocenters. The van der Waals surface area contributed by atoms with Crippen molar-refractivity contribution in [2.24, 2.45) is 5.92 Å². The molecule has 3 aromatic heterocycles. The van der Waals surface area contributed by atoms with Gasteiger partial charge in [-0.3, -0.25) is 9.36 Å². The lowest BCUT2D eigenvalue weighted by atomic mass is 9.88. The minimum absolute atomic E-state index is 0. The highest BCUT2D eigenvalue weighted by atomic mass is 35.5. The van der Waals surface area contributed by atoms with E-state index in [1.54, 1.807) is 23.8 Å². The third kappa shape index (κ3) is 3.50. The predicted octanol–water partition coefficient (Wildman–Crippen LogP) is 3.00. The van der Waals surface area contributed by atoms with Gasteiger partial charge in [0.1, 0.15) is 17.1 Å². The van der Waals surface area contributed by atoms with Gasteiger partial charge in [-0.2, -0.15) is 28.8 Å². The highest BCUT2D eigenvalue weighted by Crippen LogP contribution is 2.42. The SMILES string of the molecule is Cc1nc(N)nc(N2CC(C)C2c2nn3ccc(Cl)c3c(=O)n2-c2ccccc2)c1C#N.S. The van der Waals surface area contributed by atoms with Crippen LogP contribution in [-0.4, -0.2) is 30.7 Å². The molecule has 1 saturated heterocycles. The summed E-state index contributed by atoms with van der Waals surface area (Å²) in [5.41, 5.74) is 7.47. The highest BCUT2D eigenvalue weighted by Gasteiger charge is 2.43. The van der Waals surface area contributed by atoms with E-state index in [2.05, 4.69) is 23.0 Å². The van der Waals surface area contributed by atoms with Crippen LogP contribution < -0.4 is 16.2 Å². The van der Waals surface area contributed by atoms with E-state index in [4.69, 9.17) is 22.4 Å². The lowest BCUT2D eigenvalue weighted by Crippen LogP contribution is -2.52. The van der Waals surface area contributed by atoms with Crippen LogP contribution in [0.1, 0.15) is 30.0 Å². The third-order valence-corrected chi connectivity index (χ3v) is 6.08. The Kier molecular flexibility index (Phi) is 5.78. The van der Waals surface area contributed by atoms with Gasteiger partial charge in [0.25, 0.3) is 5.56 Å². The average molecular weight is 481 g/mol. The van der Waals surface area contributed by atoms with E-state index >= 15 is 0 Å². The number of hydrogen-bond acceptors (Lipinski definition) is 7. The number of nitrogen functional groups attached to an aromatic ring is 1. The molecule has 0 amide bonds. The van der Waals surface area contributed by atoms with Crippen LogP contribution in [0.3, 0.4) is 0 Å². The number of para-hydroxylation sites is 1. The van der Waals surface area contributed by atoms with E-state index in [1.165, 1.54) is 4.52 Å². The first-order valence-electron chi connectivity index (χ1n) is 10.1. The molecule has 1 fully saturated rings. The van der Waals surface area contributed by atoms with Crippen LogP contribution in [0.4, 0.5) is 11.8 Å². The second-order valence-corrected chi connectivity index (χ2v) is 8.25. The lowest BCUT2D eigenvalue weighted by Gasteiger charge is -2.47. The summed E-state index contributed by atoms with van der Waals surface area (Å²) in [6.07, 6.45) is 1.67. The molecule has 33 heavy (non-hydrogen) atoms. The van der Waals surface area contributed by atoms with Crippen LogP contribution >= 0.6 is 25.1 Å². The van der Waals surface area contributed by atoms with Gasteiger partial charge in [0.15, 0.2) is 11.6 Å². The Bertz CT molecular complexity index is 1460. The maximum Gasteiger partial charge on any atom is 0.284 e. The number of fused-ring (bicyclic) bond motifs is 1. The molecule has 0 spiro atoms. The van der Waals surface area contributed by atoms with Crippen molar-refractivity contribution in [3.8, 4) is 11.8 Å². The van der Waals surface area contributed by atoms with Crippen molar-refractivity contribution in [1.29, 1.82) is 5.26 Å². The van der Waals surface area contributed by atoms with Crippen molar-refractivity contribution in [2.45, 2.75) is 19.9 Å². The summed E-state index contributed by atoms with van der Waals surface area (Å²) in [5, 5.41) is 14.8. The van der Waals surface area contributed by atoms with E-state index < -0.39 is 0 Å². The largest absolute Gasteiger partial charge is 0.368 e. The number of aryl methyl sites for hydroxylation is 1. The summed E-state index contributed by atoms with van der Waals surface area (Å²) in [4.78, 5) is 24.0. The molecular weight excluding hydrogens is 460 g/mol. The quantitative estimate of drug-likeness (QED) is 0.478. The van der Waals surface area contributed by atoms with Crippen molar-refractivity contribution in [3.63, 3.8) is 0 Å². The number of rotatable bonds is 3. The number of benzene rings is 1. The monoisotopic (exact) mass is 480 g/mol. The van der Waals surface area contributed by atoms with Crippen molar-refractivity contribution in [3.05, 3.63) is 75.1 Å². The van der Waals surface area contributed by atoms with Gasteiger partial charge in [0, 0.05) is 18.7 Å². The first-order valence-corrected chi connectivity index (χ1v) is 10.4. The summed E-state index contributed by atoms with van der Waals surface area (Å²) in [6.45, 7) is 4.42. The number of hydrogen-bond donors (Lipinski definition) is 1. The molecule has 0 saturated carbocycles. The summed E-state index contributed by atoms with van der Waals surface area (Å²) >= 11 is 6.29. The number of nitriles is 1. The molecule has 4 aromatic rings. The lowest BCUT2D eigenvalue weighted by molar-refractivity contribution is 0.300. The zero-order valence-corrected chi connectivity index (χ0v) is 19.7. The van der Waals surface area contributed by atoms with E-state index in [9.17, 15) is 10.1 Å². The maximum absolute atomic E-state index is 13.6. The van der Waals surface area contributed by atoms with Gasteiger partial charge >= 0.3 is 0 Å². The predicted molar refractivity (Wildman–Crippen MR) is 131 cm³/mol. The van der Waals surface area contributed by atoms with Gasteiger partial charge in [-0.25, -0.2) is 9.50 Å². The smallest absolute Gasteiger partial charge is 0.284 e. The highest BCUT2D eigenvalue weighted by molar-refractivity contribution is 7.59. The maximum atomic E-state index is 13.6. The number of anilines is 2. The van der Waals surface area contributed by atoms with Gasteiger partial charge < -0.3 is 10.6 Å². The van der Waals surface area contributed by atoms with Gasteiger partial charge in [-0.1, -0.05) is 36.7 Å². The molecule has 9 nitrogen and oxygen atoms in total. The molecule has 0 aliphatic carbocycles. The normalized spacial score (nSPS) is 17.3. The average Bonchev–Trinajstić information content (AvgIpc) is 3.13. The summed E-state index contributed by atoms with van der Waals surface area (Å²) in [5.74, 6) is 1.21. The molecule has 0 bridgehead atoms. The van der Waals surface area contributed by atoms with Crippen LogP contribution in [0.2, 0.25) is 5.02 Å². The van der Waals surface area contributed by atoms with Crippen molar-refractivity contribution < 1.29 is 0 Å². The standard InChI is InChI=1S/C22H19ClN8O.H2S/c1-12-11-29(19-15(10-24)13(2)26-22(25)27-19)17(12)20-28-30-9-8-16(23)18(30)21(32)31(20)14-6-4-3-5-7-14;/h3-9,12,17H,11H2,1-2H3,(H2,25,26,27);1H2. The van der Waals surface area contributed by atoms with Crippen LogP contribution in [0.25, 0.3) is 11.2 Å². The molecule has 5 rings (SSSR count). The molecular formula is C22H21ClN8OS. The van der Waals surface area contributed by atoms with Gasteiger partial charge in [0.2, 0.25) is 5.95 Å². The van der Waals surface area contributed by atoms with E-state index in [-0.39, 0.29) is 37.0 Å². The fraction of sp³-hybridized carbons (Fsp3) is 0.227. The van der Waals surface area contributed by atoms with Crippen molar-refractivity contribution >= 4 is 42.4 Å². The van der Waals surface area contributed by atoms with Gasteiger partial charge in [0.05, 0.1) is 22.4 Å². The molecule has 2 N–H and O–H groups in total. The van der Waals surface area contributed by atoms with E-state index in [0.717, 1.165) is 0 Å². The molecule has 1 aliphatic heterocycles. The van der Waals surface area contributed by atoms with Crippen molar-refractivity contribution in [2.75, 3.05) is 17.2 Å². The summed E-state index contributed by atoms with van der Waals surface area (Å²) in [7, 11) is 0. The Morgan fingerprint density at radius 1 is 1.21 bits per heavy atom. The minimum atomic E-state index is -0.311. The topological polar surface area (TPSA) is 118 Å². The van der Waals surface area contributed by atoms with E-state index in [1.807, 2.05) is 35.2 Å². The molecule has 1 aromatic carbocycles. The van der Waals surface area contributed by atoms with Gasteiger partial charge in [-0.15, -0.1) is 0 Å². The zero-order chi connectivity index (χ0) is 22.6. The first-order chi connectivity index (χ1) is 15.4. The number of nitrogens with zero attached hydrogens (tertiary/aromatic N) is 7. The van der Waals surface area contributed by atoms with E-state index in [0.29, 0.717) is 45.7 Å². The minimum Gasteiger partial charge on any atom is -0.368 e. The summed E-state index contributed by atoms with van der Waals surface area (Å²) in [6, 6.07) is 12.8. The van der Waals surface area contributed by atoms with Crippen LogP contribution in [0.5, 0.6) is 0 Å². The van der Waals surface area contributed by atoms with Crippen LogP contribution in [0.15, 0.2) is 47.4 Å². The Balaban J connectivity index is 0.00000259. The third-order valence-electron chi connectivity index (χ3n) is 5.77. The molecule has 1 aliphatic rings. The molecule has 11 heteroatoms. The Labute approximate surface area is 201 Å². The second-order valence-electron chi connectivity index (χ2n) is 7.84. The fourth-order valence-corrected chi connectivity index (χ4v) is 4.51.